The van der Waals surface area contributed by atoms with Crippen LogP contribution in [0.2, 0.25) is 0 Å². The van der Waals surface area contributed by atoms with E-state index >= 15 is 0 Å². The molecule has 0 aromatic carbocycles. The number of amides is 1. The number of carbonyl (C=O) groups excluding carboxylic acids is 1. The Balaban J connectivity index is 3.64. The molecule has 0 spiro atoms. The van der Waals surface area contributed by atoms with Gasteiger partial charge in [-0.05, 0) is 6.92 Å². The second-order valence-electron chi connectivity index (χ2n) is 2.63. The zero-order chi connectivity index (χ0) is 8.85. The van der Waals surface area contributed by atoms with Gasteiger partial charge in [-0.3, -0.25) is 4.79 Å². The number of hydrogen-bond acceptors (Lipinski definition) is 3. The fourth-order valence-electron chi connectivity index (χ4n) is 0.756. The number of carbonyl (C=O) groups is 1. The molecule has 0 aromatic heterocycles. The van der Waals surface area contributed by atoms with Crippen molar-refractivity contribution in [2.75, 3.05) is 27.2 Å². The molecule has 4 heteroatoms. The summed E-state index contributed by atoms with van der Waals surface area (Å²) in [5.41, 5.74) is 0. The number of aliphatic hydroxyl groups excluding tert-OH is 1. The number of nitrogens with zero attached hydrogens (tertiary/aromatic N) is 1. The van der Waals surface area contributed by atoms with E-state index in [2.05, 4.69) is 5.32 Å². The van der Waals surface area contributed by atoms with Crippen LogP contribution in [0.5, 0.6) is 0 Å². The largest absolute Gasteiger partial charge is 0.395 e. The summed E-state index contributed by atoms with van der Waals surface area (Å²) < 4.78 is 0. The highest BCUT2D eigenvalue weighted by atomic mass is 16.3. The zero-order valence-corrected chi connectivity index (χ0v) is 7.29. The van der Waals surface area contributed by atoms with Crippen molar-refractivity contribution in [2.24, 2.45) is 0 Å². The predicted octanol–water partition coefficient (Wildman–Crippen LogP) is -0.955. The number of aliphatic hydroxyl groups is 1. The Bertz CT molecular complexity index is 126. The van der Waals surface area contributed by atoms with Crippen molar-refractivity contribution in [3.8, 4) is 0 Å². The molecule has 0 aliphatic carbocycles. The van der Waals surface area contributed by atoms with Gasteiger partial charge >= 0.3 is 0 Å². The molecule has 0 aliphatic rings. The maximum absolute atomic E-state index is 11.1. The summed E-state index contributed by atoms with van der Waals surface area (Å²) in [6, 6.07) is -0.211. The number of likely N-dealkylation sites (N-methyl/N-ethyl adjacent to an activating group) is 1. The van der Waals surface area contributed by atoms with Gasteiger partial charge in [-0.1, -0.05) is 0 Å². The normalized spacial score (nSPS) is 12.7. The SMILES string of the molecule is C[C@H](NCCO)C(=O)N(C)C. The van der Waals surface area contributed by atoms with Crippen LogP contribution < -0.4 is 5.32 Å². The van der Waals surface area contributed by atoms with Crippen molar-refractivity contribution in [1.29, 1.82) is 0 Å². The van der Waals surface area contributed by atoms with E-state index in [1.54, 1.807) is 21.0 Å². The molecule has 0 fully saturated rings. The Kier molecular flexibility index (Phi) is 4.81. The average Bonchev–Trinajstić information content (AvgIpc) is 1.98. The Morgan fingerprint density at radius 1 is 1.64 bits per heavy atom. The summed E-state index contributed by atoms with van der Waals surface area (Å²) in [5, 5.41) is 11.3. The van der Waals surface area contributed by atoms with Crippen molar-refractivity contribution in [3.63, 3.8) is 0 Å². The molecule has 0 heterocycles. The molecule has 11 heavy (non-hydrogen) atoms. The summed E-state index contributed by atoms with van der Waals surface area (Å²) in [6.07, 6.45) is 0. The minimum Gasteiger partial charge on any atom is -0.395 e. The summed E-state index contributed by atoms with van der Waals surface area (Å²) in [6.45, 7) is 2.30. The minimum atomic E-state index is -0.211. The Hall–Kier alpha value is -0.610. The molecule has 0 aromatic rings. The van der Waals surface area contributed by atoms with Crippen LogP contribution in [-0.2, 0) is 4.79 Å². The second-order valence-corrected chi connectivity index (χ2v) is 2.63. The van der Waals surface area contributed by atoms with Gasteiger partial charge < -0.3 is 15.3 Å². The molecule has 0 saturated heterocycles. The first-order valence-electron chi connectivity index (χ1n) is 3.65. The van der Waals surface area contributed by atoms with Gasteiger partial charge in [0.25, 0.3) is 0 Å². The summed E-state index contributed by atoms with van der Waals surface area (Å²) in [5.74, 6) is 0.0263. The van der Waals surface area contributed by atoms with E-state index in [9.17, 15) is 4.79 Å². The first kappa shape index (κ1) is 10.4. The Morgan fingerprint density at radius 2 is 2.18 bits per heavy atom. The van der Waals surface area contributed by atoms with Crippen LogP contribution in [-0.4, -0.2) is 49.2 Å². The van der Waals surface area contributed by atoms with E-state index in [0.717, 1.165) is 0 Å². The van der Waals surface area contributed by atoms with Crippen LogP contribution in [0.25, 0.3) is 0 Å². The van der Waals surface area contributed by atoms with Gasteiger partial charge in [0.15, 0.2) is 0 Å². The fourth-order valence-corrected chi connectivity index (χ4v) is 0.756. The van der Waals surface area contributed by atoms with Crippen LogP contribution in [0.4, 0.5) is 0 Å². The number of hydrogen-bond donors (Lipinski definition) is 2. The third-order valence-corrected chi connectivity index (χ3v) is 1.37. The maximum Gasteiger partial charge on any atom is 0.238 e. The first-order valence-corrected chi connectivity index (χ1v) is 3.65. The standard InChI is InChI=1S/C7H16N2O2/c1-6(8-4-5-10)7(11)9(2)3/h6,8,10H,4-5H2,1-3H3/t6-/m0/s1. The second kappa shape index (κ2) is 5.09. The van der Waals surface area contributed by atoms with Gasteiger partial charge in [0, 0.05) is 20.6 Å². The summed E-state index contributed by atoms with van der Waals surface area (Å²) in [7, 11) is 3.42. The van der Waals surface area contributed by atoms with E-state index in [1.807, 2.05) is 0 Å². The van der Waals surface area contributed by atoms with E-state index in [1.165, 1.54) is 4.90 Å². The van der Waals surface area contributed by atoms with Crippen molar-refractivity contribution in [2.45, 2.75) is 13.0 Å². The van der Waals surface area contributed by atoms with Gasteiger partial charge in [-0.15, -0.1) is 0 Å². The highest BCUT2D eigenvalue weighted by Crippen LogP contribution is 1.86. The van der Waals surface area contributed by atoms with E-state index in [0.29, 0.717) is 6.54 Å². The smallest absolute Gasteiger partial charge is 0.238 e. The molecule has 2 N–H and O–H groups in total. The predicted molar refractivity (Wildman–Crippen MR) is 43.2 cm³/mol. The molecular weight excluding hydrogens is 144 g/mol. The van der Waals surface area contributed by atoms with Crippen molar-refractivity contribution < 1.29 is 9.90 Å². The topological polar surface area (TPSA) is 52.6 Å². The molecule has 0 bridgehead atoms. The molecule has 4 nitrogen and oxygen atoms in total. The quantitative estimate of drug-likeness (QED) is 0.557. The van der Waals surface area contributed by atoms with Gasteiger partial charge in [0.2, 0.25) is 5.91 Å². The molecule has 0 unspecified atom stereocenters. The Labute approximate surface area is 67.2 Å². The maximum atomic E-state index is 11.1. The minimum absolute atomic E-state index is 0.0263. The van der Waals surface area contributed by atoms with Gasteiger partial charge in [0.1, 0.15) is 0 Å². The summed E-state index contributed by atoms with van der Waals surface area (Å²) in [4.78, 5) is 12.7. The molecule has 0 radical (unpaired) electrons. The average molecular weight is 160 g/mol. The van der Waals surface area contributed by atoms with E-state index in [4.69, 9.17) is 5.11 Å². The lowest BCUT2D eigenvalue weighted by molar-refractivity contribution is -0.130. The third kappa shape index (κ3) is 3.95. The molecule has 1 amide bonds. The van der Waals surface area contributed by atoms with Gasteiger partial charge in [0.05, 0.1) is 12.6 Å². The van der Waals surface area contributed by atoms with Crippen LogP contribution in [0, 0.1) is 0 Å². The molecule has 0 aliphatic heterocycles. The molecule has 1 atom stereocenters. The van der Waals surface area contributed by atoms with Gasteiger partial charge in [-0.2, -0.15) is 0 Å². The van der Waals surface area contributed by atoms with E-state index in [-0.39, 0.29) is 18.6 Å². The Morgan fingerprint density at radius 3 is 2.55 bits per heavy atom. The monoisotopic (exact) mass is 160 g/mol. The lowest BCUT2D eigenvalue weighted by Crippen LogP contribution is -2.42. The number of rotatable bonds is 4. The lowest BCUT2D eigenvalue weighted by Gasteiger charge is -2.17. The van der Waals surface area contributed by atoms with Crippen molar-refractivity contribution in [3.05, 3.63) is 0 Å². The highest BCUT2D eigenvalue weighted by Gasteiger charge is 2.12. The highest BCUT2D eigenvalue weighted by molar-refractivity contribution is 5.80. The zero-order valence-electron chi connectivity index (χ0n) is 7.29. The first-order chi connectivity index (χ1) is 5.09. The van der Waals surface area contributed by atoms with Crippen LogP contribution in [0.15, 0.2) is 0 Å². The molecule has 66 valence electrons. The van der Waals surface area contributed by atoms with Crippen molar-refractivity contribution in [1.82, 2.24) is 10.2 Å². The fraction of sp³-hybridized carbons (Fsp3) is 0.857. The van der Waals surface area contributed by atoms with Crippen molar-refractivity contribution >= 4 is 5.91 Å². The third-order valence-electron chi connectivity index (χ3n) is 1.37. The lowest BCUT2D eigenvalue weighted by atomic mass is 10.3. The van der Waals surface area contributed by atoms with Crippen LogP contribution >= 0.6 is 0 Å². The summed E-state index contributed by atoms with van der Waals surface area (Å²) >= 11 is 0. The van der Waals surface area contributed by atoms with Crippen LogP contribution in [0.3, 0.4) is 0 Å². The molecular formula is C7H16N2O2. The number of nitrogens with one attached hydrogen (secondary N) is 1. The van der Waals surface area contributed by atoms with E-state index < -0.39 is 0 Å². The molecule has 0 rings (SSSR count). The molecule has 0 saturated carbocycles. The van der Waals surface area contributed by atoms with Gasteiger partial charge in [-0.25, -0.2) is 0 Å². The van der Waals surface area contributed by atoms with Crippen LogP contribution in [0.1, 0.15) is 6.92 Å².